The fraction of sp³-hybridized carbons (Fsp3) is 0.375. The molecular weight excluding hydrogens is 425 g/mol. The van der Waals surface area contributed by atoms with Gasteiger partial charge in [-0.05, 0) is 42.3 Å². The van der Waals surface area contributed by atoms with E-state index in [1.807, 2.05) is 24.0 Å². The highest BCUT2D eigenvalue weighted by atomic mass is 19.1. The maximum absolute atomic E-state index is 14.4. The topological polar surface area (TPSA) is 102 Å². The molecule has 1 aliphatic rings. The van der Waals surface area contributed by atoms with Crippen molar-refractivity contribution in [1.29, 1.82) is 0 Å². The van der Waals surface area contributed by atoms with Gasteiger partial charge in [0.05, 0.1) is 29.2 Å². The molecule has 2 aromatic heterocycles. The van der Waals surface area contributed by atoms with Gasteiger partial charge in [0.25, 0.3) is 11.5 Å². The van der Waals surface area contributed by atoms with Crippen molar-refractivity contribution in [2.75, 3.05) is 38.2 Å². The first-order chi connectivity index (χ1) is 15.9. The molecule has 1 saturated heterocycles. The number of fused-ring (bicyclic) bond motifs is 1. The number of amides is 1. The van der Waals surface area contributed by atoms with E-state index in [1.165, 1.54) is 19.2 Å². The highest BCUT2D eigenvalue weighted by Gasteiger charge is 2.27. The molecule has 3 aromatic rings. The Bertz CT molecular complexity index is 1230. The van der Waals surface area contributed by atoms with Gasteiger partial charge in [-0.15, -0.1) is 0 Å². The van der Waals surface area contributed by atoms with Crippen molar-refractivity contribution in [2.24, 2.45) is 0 Å². The first-order valence-electron chi connectivity index (χ1n) is 11.1. The number of rotatable bonds is 6. The minimum Gasteiger partial charge on any atom is -0.395 e. The highest BCUT2D eigenvalue weighted by molar-refractivity contribution is 5.94. The number of H-pyrrole nitrogens is 1. The van der Waals surface area contributed by atoms with E-state index in [0.717, 1.165) is 11.1 Å². The van der Waals surface area contributed by atoms with E-state index < -0.39 is 11.7 Å². The standard InChI is InChI=1S/C24H28FN5O3/c1-3-16-9-21-22(28-23(16)32)8-15(11-27-21)12-29-6-7-30(13-18(29)14-31)17-4-5-19(20(25)10-17)24(33)26-2/h4-5,8-11,18,31H,3,6-7,12-14H2,1-2H3,(H,26,33)(H,28,32). The minimum atomic E-state index is -0.572. The summed E-state index contributed by atoms with van der Waals surface area (Å²) in [7, 11) is 1.46. The number of hydrogen-bond acceptors (Lipinski definition) is 6. The summed E-state index contributed by atoms with van der Waals surface area (Å²) in [5, 5.41) is 12.4. The summed E-state index contributed by atoms with van der Waals surface area (Å²) in [6.45, 7) is 4.29. The third-order valence-electron chi connectivity index (χ3n) is 6.20. The lowest BCUT2D eigenvalue weighted by molar-refractivity contribution is 0.0959. The predicted octanol–water partition coefficient (Wildman–Crippen LogP) is 1.67. The quantitative estimate of drug-likeness (QED) is 0.525. The van der Waals surface area contributed by atoms with Crippen LogP contribution < -0.4 is 15.8 Å². The molecule has 1 fully saturated rings. The zero-order chi connectivity index (χ0) is 23.5. The van der Waals surface area contributed by atoms with Gasteiger partial charge in [-0.2, -0.15) is 0 Å². The van der Waals surface area contributed by atoms with Crippen LogP contribution in [0.4, 0.5) is 10.1 Å². The molecule has 1 unspecified atom stereocenters. The number of aliphatic hydroxyl groups is 1. The fourth-order valence-corrected chi connectivity index (χ4v) is 4.28. The summed E-state index contributed by atoms with van der Waals surface area (Å²) in [4.78, 5) is 35.5. The zero-order valence-electron chi connectivity index (χ0n) is 18.8. The summed E-state index contributed by atoms with van der Waals surface area (Å²) in [6, 6.07) is 8.17. The Morgan fingerprint density at radius 2 is 2.12 bits per heavy atom. The molecule has 1 amide bonds. The molecule has 8 nitrogen and oxygen atoms in total. The monoisotopic (exact) mass is 453 g/mol. The molecule has 0 spiro atoms. The first kappa shape index (κ1) is 22.9. The van der Waals surface area contributed by atoms with Crippen molar-refractivity contribution in [3.8, 4) is 0 Å². The third kappa shape index (κ3) is 4.74. The van der Waals surface area contributed by atoms with E-state index >= 15 is 0 Å². The molecule has 1 aromatic carbocycles. The molecule has 9 heteroatoms. The van der Waals surface area contributed by atoms with Crippen LogP contribution in [0.15, 0.2) is 41.3 Å². The van der Waals surface area contributed by atoms with Gasteiger partial charge in [0.1, 0.15) is 5.82 Å². The number of carbonyl (C=O) groups is 1. The number of piperazine rings is 1. The number of aromatic amines is 1. The van der Waals surface area contributed by atoms with Gasteiger partial charge in [-0.3, -0.25) is 19.5 Å². The van der Waals surface area contributed by atoms with E-state index in [0.29, 0.717) is 49.4 Å². The Hall–Kier alpha value is -3.30. The van der Waals surface area contributed by atoms with Gasteiger partial charge in [0.15, 0.2) is 0 Å². The van der Waals surface area contributed by atoms with E-state index in [9.17, 15) is 19.1 Å². The lowest BCUT2D eigenvalue weighted by atomic mass is 10.1. The highest BCUT2D eigenvalue weighted by Crippen LogP contribution is 2.23. The number of benzene rings is 1. The second kappa shape index (κ2) is 9.68. The smallest absolute Gasteiger partial charge is 0.253 e. The van der Waals surface area contributed by atoms with Crippen LogP contribution in [0.2, 0.25) is 0 Å². The molecule has 0 radical (unpaired) electrons. The second-order valence-electron chi connectivity index (χ2n) is 8.25. The molecule has 0 saturated carbocycles. The van der Waals surface area contributed by atoms with E-state index in [2.05, 4.69) is 20.2 Å². The Labute approximate surface area is 191 Å². The molecule has 4 rings (SSSR count). The lowest BCUT2D eigenvalue weighted by Gasteiger charge is -2.41. The number of nitrogens with one attached hydrogen (secondary N) is 2. The number of aromatic nitrogens is 2. The maximum atomic E-state index is 14.4. The molecular formula is C24H28FN5O3. The van der Waals surface area contributed by atoms with Crippen molar-refractivity contribution in [2.45, 2.75) is 25.9 Å². The number of aliphatic hydroxyl groups excluding tert-OH is 1. The van der Waals surface area contributed by atoms with Gasteiger partial charge in [-0.1, -0.05) is 6.92 Å². The normalized spacial score (nSPS) is 16.8. The maximum Gasteiger partial charge on any atom is 0.253 e. The van der Waals surface area contributed by atoms with Crippen LogP contribution in [0, 0.1) is 5.82 Å². The van der Waals surface area contributed by atoms with Crippen LogP contribution >= 0.6 is 0 Å². The van der Waals surface area contributed by atoms with Gasteiger partial charge in [0.2, 0.25) is 0 Å². The molecule has 174 valence electrons. The van der Waals surface area contributed by atoms with Gasteiger partial charge in [0, 0.05) is 50.7 Å². The Morgan fingerprint density at radius 1 is 1.30 bits per heavy atom. The molecule has 0 aliphatic carbocycles. The molecule has 0 bridgehead atoms. The van der Waals surface area contributed by atoms with E-state index in [4.69, 9.17) is 0 Å². The minimum absolute atomic E-state index is 0.00602. The molecule has 1 atom stereocenters. The summed E-state index contributed by atoms with van der Waals surface area (Å²) >= 11 is 0. The third-order valence-corrected chi connectivity index (χ3v) is 6.20. The molecule has 3 N–H and O–H groups in total. The van der Waals surface area contributed by atoms with Crippen LogP contribution in [0.3, 0.4) is 0 Å². The largest absolute Gasteiger partial charge is 0.395 e. The van der Waals surface area contributed by atoms with E-state index in [1.54, 1.807) is 12.3 Å². The summed E-state index contributed by atoms with van der Waals surface area (Å²) in [5.74, 6) is -1.04. The average molecular weight is 454 g/mol. The molecule has 33 heavy (non-hydrogen) atoms. The number of aryl methyl sites for hydroxylation is 1. The number of pyridine rings is 2. The predicted molar refractivity (Wildman–Crippen MR) is 125 cm³/mol. The fourth-order valence-electron chi connectivity index (χ4n) is 4.28. The van der Waals surface area contributed by atoms with E-state index in [-0.39, 0.29) is 23.8 Å². The zero-order valence-corrected chi connectivity index (χ0v) is 18.8. The summed E-state index contributed by atoms with van der Waals surface area (Å²) < 4.78 is 14.4. The number of nitrogens with zero attached hydrogens (tertiary/aromatic N) is 3. The SMILES string of the molecule is CCc1cc2ncc(CN3CCN(c4ccc(C(=O)NC)c(F)c4)CC3CO)cc2[nH]c1=O. The molecule has 1 aliphatic heterocycles. The second-order valence-corrected chi connectivity index (χ2v) is 8.25. The van der Waals surface area contributed by atoms with Crippen molar-refractivity contribution in [1.82, 2.24) is 20.2 Å². The van der Waals surface area contributed by atoms with Gasteiger partial charge in [-0.25, -0.2) is 4.39 Å². The number of halogens is 1. The van der Waals surface area contributed by atoms with Gasteiger partial charge >= 0.3 is 0 Å². The van der Waals surface area contributed by atoms with Crippen molar-refractivity contribution >= 4 is 22.6 Å². The number of anilines is 1. The Balaban J connectivity index is 1.49. The Kier molecular flexibility index (Phi) is 6.71. The summed E-state index contributed by atoms with van der Waals surface area (Å²) in [6.07, 6.45) is 2.45. The average Bonchev–Trinajstić information content (AvgIpc) is 2.83. The first-order valence-corrected chi connectivity index (χ1v) is 11.1. The van der Waals surface area contributed by atoms with Crippen molar-refractivity contribution in [3.63, 3.8) is 0 Å². The Morgan fingerprint density at radius 3 is 2.82 bits per heavy atom. The van der Waals surface area contributed by atoms with Crippen LogP contribution in [0.5, 0.6) is 0 Å². The number of carbonyl (C=O) groups excluding carboxylic acids is 1. The van der Waals surface area contributed by atoms with Crippen molar-refractivity contribution in [3.05, 3.63) is 69.4 Å². The van der Waals surface area contributed by atoms with Gasteiger partial charge < -0.3 is 20.3 Å². The van der Waals surface area contributed by atoms with Crippen LogP contribution in [0.1, 0.15) is 28.4 Å². The van der Waals surface area contributed by atoms with Crippen LogP contribution in [-0.4, -0.2) is 65.2 Å². The summed E-state index contributed by atoms with van der Waals surface area (Å²) in [5.41, 5.74) is 3.68. The number of hydrogen-bond donors (Lipinski definition) is 3. The molecule has 3 heterocycles. The lowest BCUT2D eigenvalue weighted by Crippen LogP contribution is -2.54. The van der Waals surface area contributed by atoms with Crippen LogP contribution in [0.25, 0.3) is 11.0 Å². The van der Waals surface area contributed by atoms with Crippen LogP contribution in [-0.2, 0) is 13.0 Å². The van der Waals surface area contributed by atoms with Crippen molar-refractivity contribution < 1.29 is 14.3 Å².